The first-order chi connectivity index (χ1) is 14.9. The van der Waals surface area contributed by atoms with Gasteiger partial charge in [0.05, 0.1) is 28.2 Å². The van der Waals surface area contributed by atoms with Gasteiger partial charge in [0.15, 0.2) is 9.84 Å². The summed E-state index contributed by atoms with van der Waals surface area (Å²) in [5.41, 5.74) is -1.25. The summed E-state index contributed by atoms with van der Waals surface area (Å²) in [6, 6.07) is 9.16. The van der Waals surface area contributed by atoms with E-state index in [2.05, 4.69) is 15.5 Å². The van der Waals surface area contributed by atoms with Crippen molar-refractivity contribution < 1.29 is 31.1 Å². The van der Waals surface area contributed by atoms with Gasteiger partial charge >= 0.3 is 6.18 Å². The number of aromatic nitrogens is 2. The van der Waals surface area contributed by atoms with Crippen molar-refractivity contribution in [2.45, 2.75) is 30.1 Å². The number of hydrogen-bond donors (Lipinski definition) is 2. The van der Waals surface area contributed by atoms with Crippen LogP contribution in [-0.2, 0) is 16.0 Å². The van der Waals surface area contributed by atoms with Gasteiger partial charge in [0.1, 0.15) is 6.04 Å². The number of nitrogens with one attached hydrogen (secondary N) is 1. The van der Waals surface area contributed by atoms with E-state index in [0.717, 1.165) is 18.4 Å². The van der Waals surface area contributed by atoms with Gasteiger partial charge in [-0.15, -0.1) is 10.2 Å². The molecule has 0 saturated carbocycles. The van der Waals surface area contributed by atoms with Crippen LogP contribution >= 0.6 is 0 Å². The Hall–Kier alpha value is -3.43. The van der Waals surface area contributed by atoms with Gasteiger partial charge in [-0.05, 0) is 49.4 Å². The highest BCUT2D eigenvalue weighted by Gasteiger charge is 2.34. The van der Waals surface area contributed by atoms with E-state index >= 15 is 0 Å². The van der Waals surface area contributed by atoms with Crippen molar-refractivity contribution in [3.8, 4) is 17.5 Å². The lowest BCUT2D eigenvalue weighted by molar-refractivity contribution is -0.137. The number of aliphatic hydroxyl groups is 1. The van der Waals surface area contributed by atoms with E-state index in [1.165, 1.54) is 43.3 Å². The number of halogens is 3. The molecule has 2 atom stereocenters. The molecule has 1 unspecified atom stereocenters. The minimum absolute atomic E-state index is 0.0144. The van der Waals surface area contributed by atoms with E-state index < -0.39 is 39.3 Å². The molecule has 3 aromatic rings. The maximum Gasteiger partial charge on any atom is 0.417 e. The van der Waals surface area contributed by atoms with Crippen LogP contribution in [0.3, 0.4) is 0 Å². The maximum atomic E-state index is 13.2. The Labute approximate surface area is 181 Å². The Bertz CT molecular complexity index is 1260. The Morgan fingerprint density at radius 3 is 2.34 bits per heavy atom. The molecule has 1 aromatic heterocycles. The van der Waals surface area contributed by atoms with Crippen LogP contribution < -0.4 is 5.32 Å². The third-order valence-electron chi connectivity index (χ3n) is 4.49. The highest BCUT2D eigenvalue weighted by atomic mass is 32.2. The Morgan fingerprint density at radius 1 is 1.16 bits per heavy atom. The summed E-state index contributed by atoms with van der Waals surface area (Å²) >= 11 is 0. The Kier molecular flexibility index (Phi) is 6.25. The van der Waals surface area contributed by atoms with E-state index in [0.29, 0.717) is 5.56 Å². The highest BCUT2D eigenvalue weighted by molar-refractivity contribution is 7.90. The van der Waals surface area contributed by atoms with Crippen LogP contribution in [0, 0.1) is 11.3 Å². The van der Waals surface area contributed by atoms with Gasteiger partial charge in [0, 0.05) is 17.5 Å². The number of hydrogen-bond acceptors (Lipinski definition) is 8. The highest BCUT2D eigenvalue weighted by Crippen LogP contribution is 2.35. The van der Waals surface area contributed by atoms with Gasteiger partial charge in [-0.2, -0.15) is 18.4 Å². The summed E-state index contributed by atoms with van der Waals surface area (Å²) in [7, 11) is -3.38. The van der Waals surface area contributed by atoms with E-state index in [1.54, 1.807) is 0 Å². The van der Waals surface area contributed by atoms with E-state index in [9.17, 15) is 26.7 Å². The molecule has 0 aliphatic rings. The number of alkyl halides is 3. The van der Waals surface area contributed by atoms with Crippen molar-refractivity contribution in [3.05, 3.63) is 59.5 Å². The van der Waals surface area contributed by atoms with Gasteiger partial charge in [-0.1, -0.05) is 0 Å². The molecule has 2 aromatic carbocycles. The Morgan fingerprint density at radius 2 is 1.81 bits per heavy atom. The van der Waals surface area contributed by atoms with E-state index in [-0.39, 0.29) is 22.4 Å². The molecule has 0 spiro atoms. The van der Waals surface area contributed by atoms with Crippen LogP contribution in [0.5, 0.6) is 0 Å². The largest absolute Gasteiger partial charge is 0.418 e. The number of sulfone groups is 1. The number of rotatable bonds is 6. The lowest BCUT2D eigenvalue weighted by Gasteiger charge is -2.20. The topological polar surface area (TPSA) is 129 Å². The molecule has 0 saturated heterocycles. The molecule has 0 aliphatic carbocycles. The van der Waals surface area contributed by atoms with Crippen LogP contribution in [0.1, 0.15) is 30.0 Å². The number of nitriles is 1. The van der Waals surface area contributed by atoms with Crippen LogP contribution in [0.25, 0.3) is 11.5 Å². The number of nitrogens with zero attached hydrogens (tertiary/aromatic N) is 3. The number of anilines is 1. The van der Waals surface area contributed by atoms with Gasteiger partial charge in [0.25, 0.3) is 0 Å². The maximum absolute atomic E-state index is 13.2. The van der Waals surface area contributed by atoms with Crippen LogP contribution in [0.2, 0.25) is 0 Å². The third-order valence-corrected chi connectivity index (χ3v) is 5.61. The van der Waals surface area contributed by atoms with Crippen molar-refractivity contribution in [2.24, 2.45) is 0 Å². The second-order valence-electron chi connectivity index (χ2n) is 6.97. The molecule has 0 bridgehead atoms. The number of aliphatic hydroxyl groups excluding tert-OH is 1. The monoisotopic (exact) mass is 466 g/mol. The molecule has 168 valence electrons. The number of benzene rings is 2. The first-order valence-electron chi connectivity index (χ1n) is 9.10. The average Bonchev–Trinajstić information content (AvgIpc) is 3.20. The standard InChI is InChI=1S/C20H17F3N4O4S/c1-11(28)17(25-14-6-3-13(10-24)16(9-14)20(21,22)23)19-27-26-18(31-19)12-4-7-15(8-5-12)32(2,29)30/h3-9,11,17,25,28H,1-2H3/t11?,17-/m1/s1. The van der Waals surface area contributed by atoms with Gasteiger partial charge in [-0.25, -0.2) is 8.42 Å². The summed E-state index contributed by atoms with van der Waals surface area (Å²) in [5, 5.41) is 29.5. The van der Waals surface area contributed by atoms with Crippen molar-refractivity contribution in [1.29, 1.82) is 5.26 Å². The Balaban J connectivity index is 1.90. The molecule has 8 nitrogen and oxygen atoms in total. The van der Waals surface area contributed by atoms with Crippen molar-refractivity contribution in [3.63, 3.8) is 0 Å². The normalized spacial score (nSPS) is 13.9. The first-order valence-corrected chi connectivity index (χ1v) is 11.0. The minimum atomic E-state index is -4.74. The van der Waals surface area contributed by atoms with Crippen molar-refractivity contribution >= 4 is 15.5 Å². The summed E-state index contributed by atoms with van der Waals surface area (Å²) in [5.74, 6) is -0.0663. The predicted molar refractivity (Wildman–Crippen MR) is 107 cm³/mol. The quantitative estimate of drug-likeness (QED) is 0.564. The second-order valence-corrected chi connectivity index (χ2v) is 8.99. The molecule has 0 amide bonds. The minimum Gasteiger partial charge on any atom is -0.418 e. The summed E-state index contributed by atoms with van der Waals surface area (Å²) < 4.78 is 68.4. The molecule has 0 radical (unpaired) electrons. The smallest absolute Gasteiger partial charge is 0.417 e. The van der Waals surface area contributed by atoms with E-state index in [1.807, 2.05) is 0 Å². The fourth-order valence-electron chi connectivity index (χ4n) is 2.86. The van der Waals surface area contributed by atoms with Gasteiger partial charge in [0.2, 0.25) is 11.8 Å². The first kappa shape index (κ1) is 23.2. The predicted octanol–water partition coefficient (Wildman–Crippen LogP) is 3.56. The molecule has 1 heterocycles. The molecule has 2 N–H and O–H groups in total. The van der Waals surface area contributed by atoms with Crippen LogP contribution in [0.15, 0.2) is 51.8 Å². The molecule has 0 fully saturated rings. The van der Waals surface area contributed by atoms with Crippen LogP contribution in [0.4, 0.5) is 18.9 Å². The molecule has 32 heavy (non-hydrogen) atoms. The zero-order chi connectivity index (χ0) is 23.7. The van der Waals surface area contributed by atoms with Crippen LogP contribution in [-0.4, -0.2) is 36.1 Å². The lowest BCUT2D eigenvalue weighted by atomic mass is 10.1. The van der Waals surface area contributed by atoms with Crippen molar-refractivity contribution in [1.82, 2.24) is 10.2 Å². The molecular weight excluding hydrogens is 449 g/mol. The summed E-state index contributed by atoms with van der Waals surface area (Å²) in [4.78, 5) is 0.103. The SMILES string of the molecule is CC(O)[C@@H](Nc1ccc(C#N)c(C(F)(F)F)c1)c1nnc(-c2ccc(S(C)(=O)=O)cc2)o1. The molecular formula is C20H17F3N4O4S. The third kappa shape index (κ3) is 5.06. The summed E-state index contributed by atoms with van der Waals surface area (Å²) in [6.07, 6.45) is -4.81. The fourth-order valence-corrected chi connectivity index (χ4v) is 3.49. The summed E-state index contributed by atoms with van der Waals surface area (Å²) in [6.45, 7) is 1.39. The van der Waals surface area contributed by atoms with E-state index in [4.69, 9.17) is 9.68 Å². The molecule has 0 aliphatic heterocycles. The molecule has 3 rings (SSSR count). The average molecular weight is 466 g/mol. The fraction of sp³-hybridized carbons (Fsp3) is 0.250. The zero-order valence-electron chi connectivity index (χ0n) is 16.8. The van der Waals surface area contributed by atoms with Gasteiger partial charge in [-0.3, -0.25) is 0 Å². The second kappa shape index (κ2) is 8.60. The van der Waals surface area contributed by atoms with Crippen molar-refractivity contribution in [2.75, 3.05) is 11.6 Å². The lowest BCUT2D eigenvalue weighted by Crippen LogP contribution is -2.23. The van der Waals surface area contributed by atoms with Gasteiger partial charge < -0.3 is 14.8 Å². The zero-order valence-corrected chi connectivity index (χ0v) is 17.6. The molecule has 12 heteroatoms.